The van der Waals surface area contributed by atoms with Crippen LogP contribution in [0.5, 0.6) is 5.75 Å². The molecule has 0 radical (unpaired) electrons. The van der Waals surface area contributed by atoms with Crippen molar-refractivity contribution in [3.63, 3.8) is 0 Å². The molecule has 112 valence electrons. The SMILES string of the molecule is CCOc1ccccc1-c1nc(CNc2ccccc2)co1. The van der Waals surface area contributed by atoms with E-state index in [0.29, 0.717) is 19.0 Å². The van der Waals surface area contributed by atoms with Crippen LogP contribution in [0.1, 0.15) is 12.6 Å². The van der Waals surface area contributed by atoms with Crippen LogP contribution in [-0.2, 0) is 6.54 Å². The van der Waals surface area contributed by atoms with E-state index in [9.17, 15) is 0 Å². The zero-order chi connectivity index (χ0) is 15.2. The van der Waals surface area contributed by atoms with Crippen molar-refractivity contribution in [3.8, 4) is 17.2 Å². The number of para-hydroxylation sites is 2. The van der Waals surface area contributed by atoms with Crippen molar-refractivity contribution < 1.29 is 9.15 Å². The highest BCUT2D eigenvalue weighted by molar-refractivity contribution is 5.62. The highest BCUT2D eigenvalue weighted by Gasteiger charge is 2.11. The molecule has 3 rings (SSSR count). The standard InChI is InChI=1S/C18H18N2O2/c1-2-21-17-11-7-6-10-16(17)18-20-15(13-22-18)12-19-14-8-4-3-5-9-14/h3-11,13,19H,2,12H2,1H3. The topological polar surface area (TPSA) is 47.3 Å². The fraction of sp³-hybridized carbons (Fsp3) is 0.167. The highest BCUT2D eigenvalue weighted by atomic mass is 16.5. The Bertz CT molecular complexity index is 723. The number of hydrogen-bond donors (Lipinski definition) is 1. The van der Waals surface area contributed by atoms with Crippen molar-refractivity contribution >= 4 is 5.69 Å². The molecule has 1 heterocycles. The summed E-state index contributed by atoms with van der Waals surface area (Å²) in [5.41, 5.74) is 2.78. The molecule has 0 aliphatic rings. The Kier molecular flexibility index (Phi) is 4.39. The van der Waals surface area contributed by atoms with E-state index in [0.717, 1.165) is 22.7 Å². The van der Waals surface area contributed by atoms with Crippen molar-refractivity contribution in [2.75, 3.05) is 11.9 Å². The van der Waals surface area contributed by atoms with Gasteiger partial charge in [0.05, 0.1) is 24.4 Å². The molecule has 0 atom stereocenters. The van der Waals surface area contributed by atoms with Gasteiger partial charge in [0.1, 0.15) is 12.0 Å². The Morgan fingerprint density at radius 2 is 1.82 bits per heavy atom. The van der Waals surface area contributed by atoms with Crippen molar-refractivity contribution in [2.45, 2.75) is 13.5 Å². The van der Waals surface area contributed by atoms with Crippen LogP contribution in [0.15, 0.2) is 65.3 Å². The minimum atomic E-state index is 0.578. The molecule has 0 saturated heterocycles. The molecule has 3 aromatic rings. The molecule has 0 amide bonds. The van der Waals surface area contributed by atoms with Gasteiger partial charge in [-0.3, -0.25) is 0 Å². The number of ether oxygens (including phenoxy) is 1. The third-order valence-corrected chi connectivity index (χ3v) is 3.22. The lowest BCUT2D eigenvalue weighted by molar-refractivity contribution is 0.340. The molecule has 0 aliphatic heterocycles. The van der Waals surface area contributed by atoms with Crippen LogP contribution < -0.4 is 10.1 Å². The zero-order valence-electron chi connectivity index (χ0n) is 12.5. The largest absolute Gasteiger partial charge is 0.493 e. The second kappa shape index (κ2) is 6.80. The molecule has 0 bridgehead atoms. The molecule has 0 unspecified atom stereocenters. The molecule has 0 aliphatic carbocycles. The van der Waals surface area contributed by atoms with Gasteiger partial charge in [0, 0.05) is 5.69 Å². The van der Waals surface area contributed by atoms with Gasteiger partial charge in [-0.25, -0.2) is 4.98 Å². The summed E-state index contributed by atoms with van der Waals surface area (Å²) in [7, 11) is 0. The normalized spacial score (nSPS) is 10.4. The van der Waals surface area contributed by atoms with E-state index in [-0.39, 0.29) is 0 Å². The Hall–Kier alpha value is -2.75. The van der Waals surface area contributed by atoms with E-state index >= 15 is 0 Å². The van der Waals surface area contributed by atoms with Crippen LogP contribution in [0.3, 0.4) is 0 Å². The molecular weight excluding hydrogens is 276 g/mol. The highest BCUT2D eigenvalue weighted by Crippen LogP contribution is 2.29. The van der Waals surface area contributed by atoms with E-state index in [2.05, 4.69) is 10.3 Å². The number of rotatable bonds is 6. The van der Waals surface area contributed by atoms with E-state index in [4.69, 9.17) is 9.15 Å². The number of hydrogen-bond acceptors (Lipinski definition) is 4. The van der Waals surface area contributed by atoms with Crippen LogP contribution >= 0.6 is 0 Å². The lowest BCUT2D eigenvalue weighted by atomic mass is 10.2. The predicted molar refractivity (Wildman–Crippen MR) is 86.9 cm³/mol. The van der Waals surface area contributed by atoms with Gasteiger partial charge < -0.3 is 14.5 Å². The molecule has 1 N–H and O–H groups in total. The van der Waals surface area contributed by atoms with Gasteiger partial charge in [-0.1, -0.05) is 30.3 Å². The third-order valence-electron chi connectivity index (χ3n) is 3.22. The van der Waals surface area contributed by atoms with Gasteiger partial charge in [-0.15, -0.1) is 0 Å². The second-order valence-corrected chi connectivity index (χ2v) is 4.79. The summed E-state index contributed by atoms with van der Waals surface area (Å²) in [5, 5.41) is 3.31. The summed E-state index contributed by atoms with van der Waals surface area (Å²) in [6.45, 7) is 3.19. The minimum Gasteiger partial charge on any atom is -0.493 e. The Morgan fingerprint density at radius 3 is 2.64 bits per heavy atom. The molecule has 0 spiro atoms. The summed E-state index contributed by atoms with van der Waals surface area (Å²) in [4.78, 5) is 4.53. The van der Waals surface area contributed by atoms with Crippen molar-refractivity contribution in [3.05, 3.63) is 66.6 Å². The smallest absolute Gasteiger partial charge is 0.229 e. The molecule has 0 fully saturated rings. The quantitative estimate of drug-likeness (QED) is 0.734. The Labute approximate surface area is 129 Å². The van der Waals surface area contributed by atoms with Gasteiger partial charge in [0.15, 0.2) is 0 Å². The van der Waals surface area contributed by atoms with Crippen molar-refractivity contribution in [1.29, 1.82) is 0 Å². The first kappa shape index (κ1) is 14.2. The van der Waals surface area contributed by atoms with Gasteiger partial charge in [0.2, 0.25) is 5.89 Å². The molecule has 4 nitrogen and oxygen atoms in total. The predicted octanol–water partition coefficient (Wildman–Crippen LogP) is 4.35. The summed E-state index contributed by atoms with van der Waals surface area (Å²) in [5.74, 6) is 1.36. The van der Waals surface area contributed by atoms with Crippen molar-refractivity contribution in [1.82, 2.24) is 4.98 Å². The molecule has 4 heteroatoms. The summed E-state index contributed by atoms with van der Waals surface area (Å²) in [6, 6.07) is 17.8. The Balaban J connectivity index is 1.74. The van der Waals surface area contributed by atoms with E-state index in [1.807, 2.05) is 61.5 Å². The molecule has 0 saturated carbocycles. The first-order chi connectivity index (χ1) is 10.9. The van der Waals surface area contributed by atoms with Crippen LogP contribution in [0, 0.1) is 0 Å². The summed E-state index contributed by atoms with van der Waals surface area (Å²) >= 11 is 0. The van der Waals surface area contributed by atoms with Crippen LogP contribution in [0.4, 0.5) is 5.69 Å². The zero-order valence-corrected chi connectivity index (χ0v) is 12.5. The van der Waals surface area contributed by atoms with Gasteiger partial charge >= 0.3 is 0 Å². The fourth-order valence-corrected chi connectivity index (χ4v) is 2.19. The van der Waals surface area contributed by atoms with E-state index < -0.39 is 0 Å². The minimum absolute atomic E-state index is 0.578. The summed E-state index contributed by atoms with van der Waals surface area (Å²) in [6.07, 6.45) is 1.67. The lowest BCUT2D eigenvalue weighted by Gasteiger charge is -2.06. The number of anilines is 1. The van der Waals surface area contributed by atoms with Gasteiger partial charge in [0.25, 0.3) is 0 Å². The van der Waals surface area contributed by atoms with Crippen LogP contribution in [-0.4, -0.2) is 11.6 Å². The average molecular weight is 294 g/mol. The van der Waals surface area contributed by atoms with Crippen LogP contribution in [0.25, 0.3) is 11.5 Å². The van der Waals surface area contributed by atoms with E-state index in [1.54, 1.807) is 6.26 Å². The molecular formula is C18H18N2O2. The first-order valence-corrected chi connectivity index (χ1v) is 7.32. The maximum atomic E-state index is 5.61. The number of nitrogens with zero attached hydrogens (tertiary/aromatic N) is 1. The number of benzene rings is 2. The summed E-state index contributed by atoms with van der Waals surface area (Å²) < 4.78 is 11.2. The molecule has 2 aromatic carbocycles. The first-order valence-electron chi connectivity index (χ1n) is 7.32. The average Bonchev–Trinajstić information content (AvgIpc) is 3.04. The molecule has 1 aromatic heterocycles. The molecule has 22 heavy (non-hydrogen) atoms. The monoisotopic (exact) mass is 294 g/mol. The third kappa shape index (κ3) is 3.28. The van der Waals surface area contributed by atoms with Gasteiger partial charge in [-0.2, -0.15) is 0 Å². The van der Waals surface area contributed by atoms with Crippen molar-refractivity contribution in [2.24, 2.45) is 0 Å². The number of nitrogens with one attached hydrogen (secondary N) is 1. The second-order valence-electron chi connectivity index (χ2n) is 4.79. The number of aromatic nitrogens is 1. The van der Waals surface area contributed by atoms with Gasteiger partial charge in [-0.05, 0) is 31.2 Å². The maximum Gasteiger partial charge on any atom is 0.229 e. The van der Waals surface area contributed by atoms with Crippen LogP contribution in [0.2, 0.25) is 0 Å². The number of oxazole rings is 1. The van der Waals surface area contributed by atoms with E-state index in [1.165, 1.54) is 0 Å². The maximum absolute atomic E-state index is 5.61. The Morgan fingerprint density at radius 1 is 1.05 bits per heavy atom. The fourth-order valence-electron chi connectivity index (χ4n) is 2.19. The lowest BCUT2D eigenvalue weighted by Crippen LogP contribution is -1.99.